The standard InChI is InChI=1S/C21H29N3O2.HI/c1-22-21(23-11-5-12-25-15-17-10-13-26-16-17)24-14-19-8-4-7-18-6-2-3-9-20(18)19;/h2-4,6-9,17H,5,10-16H2,1H3,(H2,22,23,24);1H. The third-order valence-electron chi connectivity index (χ3n) is 4.69. The van der Waals surface area contributed by atoms with Gasteiger partial charge in [-0.15, -0.1) is 24.0 Å². The maximum Gasteiger partial charge on any atom is 0.191 e. The lowest BCUT2D eigenvalue weighted by Gasteiger charge is -2.13. The first-order chi connectivity index (χ1) is 12.9. The Morgan fingerprint density at radius 1 is 1.19 bits per heavy atom. The molecule has 0 bridgehead atoms. The molecular weight excluding hydrogens is 453 g/mol. The van der Waals surface area contributed by atoms with Crippen LogP contribution in [0.25, 0.3) is 10.8 Å². The number of hydrogen-bond donors (Lipinski definition) is 2. The van der Waals surface area contributed by atoms with Crippen LogP contribution in [0, 0.1) is 5.92 Å². The average molecular weight is 483 g/mol. The monoisotopic (exact) mass is 483 g/mol. The Morgan fingerprint density at radius 3 is 2.85 bits per heavy atom. The molecule has 0 aromatic heterocycles. The van der Waals surface area contributed by atoms with Crippen molar-refractivity contribution in [1.82, 2.24) is 10.6 Å². The molecule has 3 rings (SSSR count). The lowest BCUT2D eigenvalue weighted by molar-refractivity contribution is 0.0888. The molecule has 1 aliphatic heterocycles. The largest absolute Gasteiger partial charge is 0.381 e. The van der Waals surface area contributed by atoms with E-state index in [2.05, 4.69) is 58.1 Å². The smallest absolute Gasteiger partial charge is 0.191 e. The predicted molar refractivity (Wildman–Crippen MR) is 122 cm³/mol. The topological polar surface area (TPSA) is 54.9 Å². The Balaban J connectivity index is 0.00000261. The molecule has 1 aliphatic rings. The zero-order valence-corrected chi connectivity index (χ0v) is 18.3. The van der Waals surface area contributed by atoms with Gasteiger partial charge in [0.25, 0.3) is 0 Å². The van der Waals surface area contributed by atoms with Gasteiger partial charge in [0.15, 0.2) is 5.96 Å². The Labute approximate surface area is 178 Å². The summed E-state index contributed by atoms with van der Waals surface area (Å²) >= 11 is 0. The van der Waals surface area contributed by atoms with Gasteiger partial charge in [-0.1, -0.05) is 42.5 Å². The highest BCUT2D eigenvalue weighted by Gasteiger charge is 2.15. The van der Waals surface area contributed by atoms with Crippen LogP contribution in [0.1, 0.15) is 18.4 Å². The van der Waals surface area contributed by atoms with Crippen LogP contribution in [0.15, 0.2) is 47.5 Å². The molecule has 0 radical (unpaired) electrons. The molecule has 1 fully saturated rings. The Morgan fingerprint density at radius 2 is 2.04 bits per heavy atom. The minimum absolute atomic E-state index is 0. The molecule has 2 N–H and O–H groups in total. The second kappa shape index (κ2) is 12.2. The van der Waals surface area contributed by atoms with Gasteiger partial charge in [-0.3, -0.25) is 4.99 Å². The third-order valence-corrected chi connectivity index (χ3v) is 4.69. The number of guanidine groups is 1. The Kier molecular flexibility index (Phi) is 9.86. The number of ether oxygens (including phenoxy) is 2. The molecule has 1 atom stereocenters. The van der Waals surface area contributed by atoms with E-state index >= 15 is 0 Å². The molecule has 27 heavy (non-hydrogen) atoms. The average Bonchev–Trinajstić information content (AvgIpc) is 3.20. The van der Waals surface area contributed by atoms with Gasteiger partial charge in [0.2, 0.25) is 0 Å². The van der Waals surface area contributed by atoms with Crippen molar-refractivity contribution in [3.8, 4) is 0 Å². The summed E-state index contributed by atoms with van der Waals surface area (Å²) in [5.74, 6) is 1.40. The maximum absolute atomic E-state index is 5.73. The van der Waals surface area contributed by atoms with Crippen LogP contribution < -0.4 is 10.6 Å². The minimum atomic E-state index is 0. The lowest BCUT2D eigenvalue weighted by atomic mass is 10.0. The van der Waals surface area contributed by atoms with Gasteiger partial charge in [0, 0.05) is 39.3 Å². The predicted octanol–water partition coefficient (Wildman–Crippen LogP) is 3.57. The summed E-state index contributed by atoms with van der Waals surface area (Å²) in [6.45, 7) is 4.91. The summed E-state index contributed by atoms with van der Waals surface area (Å²) in [4.78, 5) is 4.30. The molecule has 1 unspecified atom stereocenters. The SMILES string of the molecule is CN=C(NCCCOCC1CCOC1)NCc1cccc2ccccc12.I. The molecule has 1 saturated heterocycles. The van der Waals surface area contributed by atoms with Crippen molar-refractivity contribution >= 4 is 40.7 Å². The van der Waals surface area contributed by atoms with E-state index in [1.54, 1.807) is 7.05 Å². The van der Waals surface area contributed by atoms with Crippen molar-refractivity contribution < 1.29 is 9.47 Å². The van der Waals surface area contributed by atoms with E-state index in [0.717, 1.165) is 58.3 Å². The zero-order chi connectivity index (χ0) is 18.0. The molecule has 5 nitrogen and oxygen atoms in total. The van der Waals surface area contributed by atoms with Crippen LogP contribution in [-0.4, -0.2) is 46.0 Å². The number of benzene rings is 2. The number of nitrogens with one attached hydrogen (secondary N) is 2. The fraction of sp³-hybridized carbons (Fsp3) is 0.476. The van der Waals surface area contributed by atoms with E-state index in [0.29, 0.717) is 5.92 Å². The number of nitrogens with zero attached hydrogens (tertiary/aromatic N) is 1. The highest BCUT2D eigenvalue weighted by atomic mass is 127. The van der Waals surface area contributed by atoms with E-state index in [1.807, 2.05) is 0 Å². The van der Waals surface area contributed by atoms with Crippen molar-refractivity contribution in [3.63, 3.8) is 0 Å². The van der Waals surface area contributed by atoms with Gasteiger partial charge in [-0.25, -0.2) is 0 Å². The first kappa shape index (κ1) is 21.9. The number of aliphatic imine (C=N–C) groups is 1. The molecule has 1 heterocycles. The highest BCUT2D eigenvalue weighted by Crippen LogP contribution is 2.18. The van der Waals surface area contributed by atoms with Crippen LogP contribution in [0.4, 0.5) is 0 Å². The molecule has 0 aliphatic carbocycles. The van der Waals surface area contributed by atoms with E-state index in [4.69, 9.17) is 9.47 Å². The summed E-state index contributed by atoms with van der Waals surface area (Å²) < 4.78 is 11.1. The van der Waals surface area contributed by atoms with Crippen molar-refractivity contribution in [2.75, 3.05) is 40.0 Å². The second-order valence-electron chi connectivity index (χ2n) is 6.65. The first-order valence-electron chi connectivity index (χ1n) is 9.43. The first-order valence-corrected chi connectivity index (χ1v) is 9.43. The van der Waals surface area contributed by atoms with Crippen molar-refractivity contribution in [1.29, 1.82) is 0 Å². The zero-order valence-electron chi connectivity index (χ0n) is 15.9. The number of rotatable bonds is 8. The van der Waals surface area contributed by atoms with Gasteiger partial charge in [-0.2, -0.15) is 0 Å². The summed E-state index contributed by atoms with van der Waals surface area (Å²) in [5.41, 5.74) is 1.27. The summed E-state index contributed by atoms with van der Waals surface area (Å²) in [6.07, 6.45) is 2.09. The quantitative estimate of drug-likeness (QED) is 0.261. The van der Waals surface area contributed by atoms with Gasteiger partial charge in [-0.05, 0) is 29.2 Å². The lowest BCUT2D eigenvalue weighted by Crippen LogP contribution is -2.37. The minimum Gasteiger partial charge on any atom is -0.381 e. The van der Waals surface area contributed by atoms with E-state index in [9.17, 15) is 0 Å². The van der Waals surface area contributed by atoms with E-state index in [1.165, 1.54) is 16.3 Å². The third kappa shape index (κ3) is 6.93. The normalized spacial score (nSPS) is 16.9. The van der Waals surface area contributed by atoms with Gasteiger partial charge >= 0.3 is 0 Å². The van der Waals surface area contributed by atoms with E-state index in [-0.39, 0.29) is 24.0 Å². The maximum atomic E-state index is 5.73. The molecule has 6 heteroatoms. The molecule has 2 aromatic carbocycles. The fourth-order valence-corrected chi connectivity index (χ4v) is 3.19. The molecule has 2 aromatic rings. The van der Waals surface area contributed by atoms with Gasteiger partial charge in [0.1, 0.15) is 0 Å². The van der Waals surface area contributed by atoms with Crippen LogP contribution in [0.3, 0.4) is 0 Å². The van der Waals surface area contributed by atoms with Crippen LogP contribution in [-0.2, 0) is 16.0 Å². The van der Waals surface area contributed by atoms with Crippen molar-refractivity contribution in [3.05, 3.63) is 48.0 Å². The van der Waals surface area contributed by atoms with E-state index < -0.39 is 0 Å². The van der Waals surface area contributed by atoms with Crippen LogP contribution in [0.2, 0.25) is 0 Å². The molecule has 0 spiro atoms. The molecular formula is C21H30IN3O2. The fourth-order valence-electron chi connectivity index (χ4n) is 3.19. The highest BCUT2D eigenvalue weighted by molar-refractivity contribution is 14.0. The molecule has 0 amide bonds. The number of hydrogen-bond acceptors (Lipinski definition) is 3. The van der Waals surface area contributed by atoms with Crippen LogP contribution >= 0.6 is 24.0 Å². The second-order valence-corrected chi connectivity index (χ2v) is 6.65. The number of fused-ring (bicyclic) bond motifs is 1. The van der Waals surface area contributed by atoms with Crippen molar-refractivity contribution in [2.24, 2.45) is 10.9 Å². The van der Waals surface area contributed by atoms with Gasteiger partial charge < -0.3 is 20.1 Å². The number of halogens is 1. The molecule has 0 saturated carbocycles. The summed E-state index contributed by atoms with van der Waals surface area (Å²) in [7, 11) is 1.80. The Bertz CT molecular complexity index is 712. The van der Waals surface area contributed by atoms with Crippen LogP contribution in [0.5, 0.6) is 0 Å². The molecule has 148 valence electrons. The summed E-state index contributed by atoms with van der Waals surface area (Å²) in [6, 6.07) is 14.9. The van der Waals surface area contributed by atoms with Crippen molar-refractivity contribution in [2.45, 2.75) is 19.4 Å². The van der Waals surface area contributed by atoms with Gasteiger partial charge in [0.05, 0.1) is 13.2 Å². The summed E-state index contributed by atoms with van der Waals surface area (Å²) in [5, 5.41) is 9.29. The Hall–Kier alpha value is -1.38.